The first-order valence-electron chi connectivity index (χ1n) is 13.9. The molecular weight excluding hydrogens is 540 g/mol. The molecule has 1 aliphatic rings. The Balaban J connectivity index is 1.66. The zero-order valence-electron chi connectivity index (χ0n) is 22.0. The Morgan fingerprint density at radius 2 is 1.35 bits per heavy atom. The number of unbranched alkanes of at least 4 members (excludes halogenated alkanes) is 6. The summed E-state index contributed by atoms with van der Waals surface area (Å²) in [6, 6.07) is 18.0. The van der Waals surface area contributed by atoms with Crippen molar-refractivity contribution in [2.75, 3.05) is 0 Å². The highest BCUT2D eigenvalue weighted by Gasteiger charge is 2.42. The van der Waals surface area contributed by atoms with Crippen LogP contribution >= 0.6 is 27.7 Å². The molecule has 0 atom stereocenters. The van der Waals surface area contributed by atoms with Crippen molar-refractivity contribution in [1.82, 2.24) is 8.75 Å². The summed E-state index contributed by atoms with van der Waals surface area (Å²) in [5.74, 6) is 0. The van der Waals surface area contributed by atoms with Gasteiger partial charge in [0.05, 0.1) is 18.3 Å². The maximum absolute atomic E-state index is 10.0. The van der Waals surface area contributed by atoms with E-state index in [0.29, 0.717) is 0 Å². The Bertz CT molecular complexity index is 1370. The largest absolute Gasteiger partial charge is 0.392 e. The van der Waals surface area contributed by atoms with Gasteiger partial charge in [0.15, 0.2) is 0 Å². The van der Waals surface area contributed by atoms with Crippen molar-refractivity contribution in [3.05, 3.63) is 69.7 Å². The normalized spacial score (nSPS) is 13.7. The molecular formula is C32H37BrN2OS. The van der Waals surface area contributed by atoms with Gasteiger partial charge in [0, 0.05) is 15.5 Å². The van der Waals surface area contributed by atoms with Gasteiger partial charge in [-0.2, -0.15) is 8.75 Å². The second-order valence-corrected chi connectivity index (χ2v) is 11.9. The molecule has 1 N–H and O–H groups in total. The van der Waals surface area contributed by atoms with Crippen LogP contribution in [0.2, 0.25) is 0 Å². The van der Waals surface area contributed by atoms with Gasteiger partial charge in [-0.05, 0) is 74.3 Å². The van der Waals surface area contributed by atoms with Gasteiger partial charge in [0.25, 0.3) is 0 Å². The minimum absolute atomic E-state index is 0.0118. The predicted molar refractivity (Wildman–Crippen MR) is 160 cm³/mol. The third kappa shape index (κ3) is 5.03. The van der Waals surface area contributed by atoms with Crippen molar-refractivity contribution in [3.63, 3.8) is 0 Å². The molecule has 0 bridgehead atoms. The molecule has 0 fully saturated rings. The van der Waals surface area contributed by atoms with Crippen LogP contribution in [0.1, 0.15) is 94.7 Å². The van der Waals surface area contributed by atoms with Gasteiger partial charge in [-0.25, -0.2) is 0 Å². The zero-order chi connectivity index (χ0) is 25.8. The fourth-order valence-electron chi connectivity index (χ4n) is 6.25. The maximum Gasteiger partial charge on any atom is 0.119 e. The molecule has 0 unspecified atom stereocenters. The number of rotatable bonds is 12. The summed E-state index contributed by atoms with van der Waals surface area (Å²) in [6.07, 6.45) is 12.4. The SMILES string of the molecule is CCCCCCC1(CCCCCC)c2cc(CO)ccc2-c2ccc(-c3ccc(Br)c4nsnc34)cc21. The van der Waals surface area contributed by atoms with Crippen LogP contribution in [0.3, 0.4) is 0 Å². The Kier molecular flexibility index (Phi) is 8.43. The molecule has 37 heavy (non-hydrogen) atoms. The summed E-state index contributed by atoms with van der Waals surface area (Å²) >= 11 is 4.92. The highest BCUT2D eigenvalue weighted by Crippen LogP contribution is 2.55. The minimum atomic E-state index is -0.0118. The summed E-state index contributed by atoms with van der Waals surface area (Å²) in [4.78, 5) is 0. The Morgan fingerprint density at radius 3 is 2.03 bits per heavy atom. The second-order valence-electron chi connectivity index (χ2n) is 10.6. The van der Waals surface area contributed by atoms with Crippen LogP contribution in [0, 0.1) is 0 Å². The van der Waals surface area contributed by atoms with Crippen LogP contribution in [0.15, 0.2) is 53.0 Å². The summed E-state index contributed by atoms with van der Waals surface area (Å²) in [6.45, 7) is 4.66. The Morgan fingerprint density at radius 1 is 0.730 bits per heavy atom. The molecule has 1 aromatic heterocycles. The first kappa shape index (κ1) is 26.5. The smallest absolute Gasteiger partial charge is 0.119 e. The summed E-state index contributed by atoms with van der Waals surface area (Å²) in [5.41, 5.74) is 10.9. The molecule has 1 aliphatic carbocycles. The highest BCUT2D eigenvalue weighted by molar-refractivity contribution is 9.10. The quantitative estimate of drug-likeness (QED) is 0.171. The van der Waals surface area contributed by atoms with E-state index in [0.717, 1.165) is 39.5 Å². The Hall–Kier alpha value is -2.08. The Labute approximate surface area is 233 Å². The number of aliphatic hydroxyl groups excluding tert-OH is 1. The third-order valence-electron chi connectivity index (χ3n) is 8.20. The lowest BCUT2D eigenvalue weighted by Crippen LogP contribution is -2.26. The van der Waals surface area contributed by atoms with E-state index in [1.165, 1.54) is 90.9 Å². The molecule has 1 heterocycles. The molecule has 0 aliphatic heterocycles. The molecule has 3 aromatic carbocycles. The first-order chi connectivity index (χ1) is 18.1. The van der Waals surface area contributed by atoms with E-state index in [1.54, 1.807) is 0 Å². The molecule has 194 valence electrons. The summed E-state index contributed by atoms with van der Waals surface area (Å²) < 4.78 is 10.2. The van der Waals surface area contributed by atoms with E-state index in [2.05, 4.69) is 87.1 Å². The van der Waals surface area contributed by atoms with Crippen molar-refractivity contribution >= 4 is 38.7 Å². The van der Waals surface area contributed by atoms with Crippen LogP contribution in [0.25, 0.3) is 33.3 Å². The fourth-order valence-corrected chi connectivity index (χ4v) is 7.35. The van der Waals surface area contributed by atoms with Crippen LogP contribution in [-0.2, 0) is 12.0 Å². The van der Waals surface area contributed by atoms with Gasteiger partial charge in [-0.1, -0.05) is 102 Å². The van der Waals surface area contributed by atoms with E-state index in [1.807, 2.05) is 0 Å². The molecule has 4 aromatic rings. The number of hydrogen-bond acceptors (Lipinski definition) is 4. The van der Waals surface area contributed by atoms with E-state index < -0.39 is 0 Å². The van der Waals surface area contributed by atoms with Gasteiger partial charge in [0.2, 0.25) is 0 Å². The highest BCUT2D eigenvalue weighted by atomic mass is 79.9. The van der Waals surface area contributed by atoms with Gasteiger partial charge in [-0.3, -0.25) is 0 Å². The van der Waals surface area contributed by atoms with Gasteiger partial charge >= 0.3 is 0 Å². The summed E-state index contributed by atoms with van der Waals surface area (Å²) in [5, 5.41) is 10.0. The van der Waals surface area contributed by atoms with Crippen LogP contribution in [-0.4, -0.2) is 13.9 Å². The van der Waals surface area contributed by atoms with Crippen molar-refractivity contribution < 1.29 is 5.11 Å². The van der Waals surface area contributed by atoms with E-state index in [-0.39, 0.29) is 12.0 Å². The molecule has 5 rings (SSSR count). The average molecular weight is 578 g/mol. The maximum atomic E-state index is 10.0. The fraction of sp³-hybridized carbons (Fsp3) is 0.438. The number of benzene rings is 3. The predicted octanol–water partition coefficient (Wildman–Crippen LogP) is 9.82. The number of halogens is 1. The molecule has 3 nitrogen and oxygen atoms in total. The van der Waals surface area contributed by atoms with Crippen molar-refractivity contribution in [2.24, 2.45) is 0 Å². The average Bonchev–Trinajstić information content (AvgIpc) is 3.52. The minimum Gasteiger partial charge on any atom is -0.392 e. The molecule has 0 saturated carbocycles. The molecule has 5 heteroatoms. The molecule has 0 amide bonds. The zero-order valence-corrected chi connectivity index (χ0v) is 24.4. The summed E-state index contributed by atoms with van der Waals surface area (Å²) in [7, 11) is 0. The number of fused-ring (bicyclic) bond motifs is 4. The van der Waals surface area contributed by atoms with Crippen molar-refractivity contribution in [2.45, 2.75) is 90.1 Å². The van der Waals surface area contributed by atoms with Gasteiger partial charge in [-0.15, -0.1) is 0 Å². The van der Waals surface area contributed by atoms with E-state index in [4.69, 9.17) is 0 Å². The molecule has 0 saturated heterocycles. The lowest BCUT2D eigenvalue weighted by molar-refractivity contribution is 0.281. The van der Waals surface area contributed by atoms with E-state index in [9.17, 15) is 5.11 Å². The number of aromatic nitrogens is 2. The van der Waals surface area contributed by atoms with Crippen LogP contribution in [0.5, 0.6) is 0 Å². The molecule has 0 radical (unpaired) electrons. The first-order valence-corrected chi connectivity index (χ1v) is 15.5. The van der Waals surface area contributed by atoms with Crippen molar-refractivity contribution in [1.29, 1.82) is 0 Å². The van der Waals surface area contributed by atoms with Crippen LogP contribution < -0.4 is 0 Å². The van der Waals surface area contributed by atoms with Crippen LogP contribution in [0.4, 0.5) is 0 Å². The second kappa shape index (κ2) is 11.8. The van der Waals surface area contributed by atoms with E-state index >= 15 is 0 Å². The number of hydrogen-bond donors (Lipinski definition) is 1. The van der Waals surface area contributed by atoms with Gasteiger partial charge < -0.3 is 5.11 Å². The lowest BCUT2D eigenvalue weighted by Gasteiger charge is -2.33. The topological polar surface area (TPSA) is 46.0 Å². The number of aliphatic hydroxyl groups is 1. The lowest BCUT2D eigenvalue weighted by atomic mass is 9.70. The standard InChI is InChI=1S/C32H37BrN2OS/c1-3-5-7-9-17-32(18-10-8-6-4-2)27-19-22(21-36)11-13-25(27)26-14-12-23(20-28(26)32)24-15-16-29(33)31-30(24)34-37-35-31/h11-16,19-20,36H,3-10,17-18,21H2,1-2H3. The monoisotopic (exact) mass is 576 g/mol. The van der Waals surface area contributed by atoms with Gasteiger partial charge in [0.1, 0.15) is 11.0 Å². The molecule has 0 spiro atoms. The third-order valence-corrected chi connectivity index (χ3v) is 9.37. The van der Waals surface area contributed by atoms with Crippen molar-refractivity contribution in [3.8, 4) is 22.3 Å². The number of nitrogens with zero attached hydrogens (tertiary/aromatic N) is 2.